The fraction of sp³-hybridized carbons (Fsp3) is 0.389. The smallest absolute Gasteiger partial charge is 0.315 e. The molecule has 0 fully saturated rings. The third-order valence-electron chi connectivity index (χ3n) is 3.20. The van der Waals surface area contributed by atoms with Crippen LogP contribution in [0.25, 0.3) is 0 Å². The largest absolute Gasteiger partial charge is 0.334 e. The van der Waals surface area contributed by atoms with Crippen LogP contribution in [0.15, 0.2) is 41.7 Å². The lowest BCUT2D eigenvalue weighted by Crippen LogP contribution is -2.34. The lowest BCUT2D eigenvalue weighted by atomic mass is 10.2. The van der Waals surface area contributed by atoms with Gasteiger partial charge in [-0.25, -0.2) is 9.78 Å². The topological polar surface area (TPSA) is 66.9 Å². The number of nitrogens with zero attached hydrogens (tertiary/aromatic N) is 2. The second-order valence-electron chi connectivity index (χ2n) is 6.52. The van der Waals surface area contributed by atoms with Crippen LogP contribution in [0.5, 0.6) is 0 Å². The van der Waals surface area contributed by atoms with Crippen LogP contribution in [0.2, 0.25) is 0 Å². The van der Waals surface area contributed by atoms with Gasteiger partial charge in [-0.2, -0.15) is 0 Å². The molecule has 0 unspecified atom stereocenters. The molecule has 2 aromatic heterocycles. The van der Waals surface area contributed by atoms with Crippen LogP contribution in [0, 0.1) is 6.92 Å². The number of aryl methyl sites for hydroxylation is 1. The third-order valence-corrected chi connectivity index (χ3v) is 4.24. The molecular formula is C18H24N4OS. The molecule has 128 valence electrons. The van der Waals surface area contributed by atoms with E-state index < -0.39 is 0 Å². The van der Waals surface area contributed by atoms with E-state index in [0.717, 1.165) is 21.8 Å². The van der Waals surface area contributed by atoms with E-state index in [0.29, 0.717) is 13.1 Å². The first-order chi connectivity index (χ1) is 11.3. The Hall–Kier alpha value is -2.08. The van der Waals surface area contributed by atoms with Gasteiger partial charge in [-0.1, -0.05) is 26.8 Å². The van der Waals surface area contributed by atoms with Crippen LogP contribution in [0.1, 0.15) is 37.6 Å². The zero-order valence-corrected chi connectivity index (χ0v) is 15.4. The van der Waals surface area contributed by atoms with E-state index in [4.69, 9.17) is 0 Å². The summed E-state index contributed by atoms with van der Waals surface area (Å²) in [4.78, 5) is 20.6. The Morgan fingerprint density at radius 2 is 1.88 bits per heavy atom. The van der Waals surface area contributed by atoms with Crippen LogP contribution >= 0.6 is 11.8 Å². The summed E-state index contributed by atoms with van der Waals surface area (Å²) < 4.78 is 0.108. The Morgan fingerprint density at radius 3 is 2.58 bits per heavy atom. The third kappa shape index (κ3) is 6.20. The van der Waals surface area contributed by atoms with Gasteiger partial charge in [0.1, 0.15) is 0 Å². The van der Waals surface area contributed by atoms with Crippen molar-refractivity contribution in [3.63, 3.8) is 0 Å². The van der Waals surface area contributed by atoms with E-state index in [9.17, 15) is 4.79 Å². The molecule has 0 atom stereocenters. The summed E-state index contributed by atoms with van der Waals surface area (Å²) in [7, 11) is 0. The number of pyridine rings is 2. The van der Waals surface area contributed by atoms with E-state index in [2.05, 4.69) is 41.4 Å². The van der Waals surface area contributed by atoms with Gasteiger partial charge in [-0.3, -0.25) is 4.98 Å². The molecule has 0 saturated carbocycles. The lowest BCUT2D eigenvalue weighted by Gasteiger charge is -2.17. The van der Waals surface area contributed by atoms with E-state index in [1.54, 1.807) is 24.2 Å². The number of nitrogens with one attached hydrogen (secondary N) is 2. The molecule has 24 heavy (non-hydrogen) atoms. The minimum Gasteiger partial charge on any atom is -0.334 e. The summed E-state index contributed by atoms with van der Waals surface area (Å²) in [5.74, 6) is 0. The molecular weight excluding hydrogens is 320 g/mol. The molecule has 2 rings (SSSR count). The number of carbonyl (C=O) groups excluding carboxylic acids is 1. The maximum atomic E-state index is 11.9. The molecule has 0 aliphatic heterocycles. The second-order valence-corrected chi connectivity index (χ2v) is 8.37. The van der Waals surface area contributed by atoms with Gasteiger partial charge in [0.05, 0.1) is 17.3 Å². The maximum absolute atomic E-state index is 11.9. The van der Waals surface area contributed by atoms with Crippen molar-refractivity contribution in [3.05, 3.63) is 53.5 Å². The zero-order valence-electron chi connectivity index (χ0n) is 14.6. The molecule has 2 aromatic rings. The van der Waals surface area contributed by atoms with Crippen LogP contribution in [0.4, 0.5) is 4.79 Å². The first-order valence-corrected chi connectivity index (χ1v) is 8.71. The molecule has 0 aliphatic rings. The number of thioether (sulfide) groups is 1. The highest BCUT2D eigenvalue weighted by Gasteiger charge is 2.13. The van der Waals surface area contributed by atoms with Crippen LogP contribution < -0.4 is 10.6 Å². The Labute approximate surface area is 147 Å². The molecule has 0 spiro atoms. The first-order valence-electron chi connectivity index (χ1n) is 7.89. The van der Waals surface area contributed by atoms with Crippen LogP contribution in [-0.4, -0.2) is 20.7 Å². The van der Waals surface area contributed by atoms with Gasteiger partial charge in [0.2, 0.25) is 0 Å². The molecule has 6 heteroatoms. The highest BCUT2D eigenvalue weighted by Crippen LogP contribution is 2.30. The lowest BCUT2D eigenvalue weighted by molar-refractivity contribution is 0.240. The minimum atomic E-state index is -0.207. The summed E-state index contributed by atoms with van der Waals surface area (Å²) in [6.07, 6.45) is 3.51. The highest BCUT2D eigenvalue weighted by atomic mass is 32.2. The number of urea groups is 1. The standard InChI is InChI=1S/C18H24N4OS/c1-13-6-5-8-19-15(13)12-22-17(23)21-11-14-7-9-20-16(10-14)24-18(2,3)4/h5-10H,11-12H2,1-4H3,(H2,21,22,23). The fourth-order valence-corrected chi connectivity index (χ4v) is 2.99. The average Bonchev–Trinajstić information content (AvgIpc) is 2.51. The predicted molar refractivity (Wildman–Crippen MR) is 97.9 cm³/mol. The highest BCUT2D eigenvalue weighted by molar-refractivity contribution is 8.00. The first kappa shape index (κ1) is 18.3. The van der Waals surface area contributed by atoms with E-state index in [1.165, 1.54) is 0 Å². The SMILES string of the molecule is Cc1cccnc1CNC(=O)NCc1ccnc(SC(C)(C)C)c1. The quantitative estimate of drug-likeness (QED) is 0.812. The van der Waals surface area contributed by atoms with Crippen molar-refractivity contribution in [1.29, 1.82) is 0 Å². The number of aromatic nitrogens is 2. The maximum Gasteiger partial charge on any atom is 0.315 e. The summed E-state index contributed by atoms with van der Waals surface area (Å²) in [6.45, 7) is 9.31. The van der Waals surface area contributed by atoms with Gasteiger partial charge in [0.25, 0.3) is 0 Å². The number of amides is 2. The van der Waals surface area contributed by atoms with E-state index >= 15 is 0 Å². The predicted octanol–water partition coefficient (Wildman–Crippen LogP) is 3.68. The molecule has 0 bridgehead atoms. The second kappa shape index (κ2) is 8.15. The molecule has 5 nitrogen and oxygen atoms in total. The summed E-state index contributed by atoms with van der Waals surface area (Å²) in [5, 5.41) is 6.66. The number of carbonyl (C=O) groups is 1. The Morgan fingerprint density at radius 1 is 1.12 bits per heavy atom. The van der Waals surface area contributed by atoms with Crippen molar-refractivity contribution >= 4 is 17.8 Å². The van der Waals surface area contributed by atoms with Crippen LogP contribution in [0.3, 0.4) is 0 Å². The van der Waals surface area contributed by atoms with Gasteiger partial charge in [-0.05, 0) is 36.2 Å². The minimum absolute atomic E-state index is 0.108. The molecule has 0 saturated heterocycles. The fourth-order valence-electron chi connectivity index (χ4n) is 2.04. The Kier molecular flexibility index (Phi) is 6.20. The Bertz CT molecular complexity index is 697. The van der Waals surface area contributed by atoms with Crippen molar-refractivity contribution in [2.45, 2.75) is 50.6 Å². The van der Waals surface area contributed by atoms with Crippen molar-refractivity contribution in [2.24, 2.45) is 0 Å². The van der Waals surface area contributed by atoms with E-state index in [1.807, 2.05) is 31.2 Å². The van der Waals surface area contributed by atoms with Crippen molar-refractivity contribution in [3.8, 4) is 0 Å². The van der Waals surface area contributed by atoms with Gasteiger partial charge >= 0.3 is 6.03 Å². The molecule has 2 amide bonds. The Balaban J connectivity index is 1.83. The number of hydrogen-bond donors (Lipinski definition) is 2. The molecule has 0 aliphatic carbocycles. The normalized spacial score (nSPS) is 11.2. The average molecular weight is 344 g/mol. The number of hydrogen-bond acceptors (Lipinski definition) is 4. The zero-order chi connectivity index (χ0) is 17.6. The molecule has 2 N–H and O–H groups in total. The summed E-state index contributed by atoms with van der Waals surface area (Å²) in [6, 6.07) is 7.58. The number of rotatable bonds is 5. The molecule has 2 heterocycles. The molecule has 0 aromatic carbocycles. The van der Waals surface area contributed by atoms with Gasteiger partial charge in [0.15, 0.2) is 0 Å². The summed E-state index contributed by atoms with van der Waals surface area (Å²) >= 11 is 1.71. The molecule has 0 radical (unpaired) electrons. The van der Waals surface area contributed by atoms with Crippen LogP contribution in [-0.2, 0) is 13.1 Å². The monoisotopic (exact) mass is 344 g/mol. The summed E-state index contributed by atoms with van der Waals surface area (Å²) in [5.41, 5.74) is 2.97. The van der Waals surface area contributed by atoms with Crippen molar-refractivity contribution < 1.29 is 4.79 Å². The van der Waals surface area contributed by atoms with Crippen molar-refractivity contribution in [2.75, 3.05) is 0 Å². The van der Waals surface area contributed by atoms with Gasteiger partial charge in [-0.15, -0.1) is 11.8 Å². The van der Waals surface area contributed by atoms with Crippen molar-refractivity contribution in [1.82, 2.24) is 20.6 Å². The van der Waals surface area contributed by atoms with Gasteiger partial charge < -0.3 is 10.6 Å². The van der Waals surface area contributed by atoms with E-state index in [-0.39, 0.29) is 10.8 Å². The van der Waals surface area contributed by atoms with Gasteiger partial charge in [0, 0.05) is 23.7 Å².